The average molecular weight is 293 g/mol. The second-order valence-electron chi connectivity index (χ2n) is 4.05. The van der Waals surface area contributed by atoms with Crippen LogP contribution in [0.15, 0.2) is 36.4 Å². The molecular formula is C14H13ClN2O3. The van der Waals surface area contributed by atoms with Crippen molar-refractivity contribution < 1.29 is 14.6 Å². The van der Waals surface area contributed by atoms with Crippen molar-refractivity contribution in [2.75, 3.05) is 18.2 Å². The molecule has 0 aliphatic rings. The molecule has 6 heteroatoms. The van der Waals surface area contributed by atoms with E-state index < -0.39 is 5.97 Å². The predicted molar refractivity (Wildman–Crippen MR) is 79.1 cm³/mol. The molecule has 0 radical (unpaired) electrons. The van der Waals surface area contributed by atoms with Gasteiger partial charge in [-0.05, 0) is 30.3 Å². The van der Waals surface area contributed by atoms with E-state index in [1.807, 2.05) is 0 Å². The second-order valence-corrected chi connectivity index (χ2v) is 4.46. The molecule has 0 unspecified atom stereocenters. The molecule has 0 fully saturated rings. The van der Waals surface area contributed by atoms with Crippen molar-refractivity contribution >= 4 is 34.6 Å². The van der Waals surface area contributed by atoms with Gasteiger partial charge in [0.2, 0.25) is 0 Å². The lowest BCUT2D eigenvalue weighted by molar-refractivity contribution is 0.0698. The van der Waals surface area contributed by atoms with E-state index in [1.54, 1.807) is 30.3 Å². The number of nitrogen functional groups attached to an aromatic ring is 1. The minimum atomic E-state index is -1.06. The number of carbonyl (C=O) groups is 1. The molecule has 0 spiro atoms. The minimum Gasteiger partial charge on any atom is -0.495 e. The molecule has 0 aliphatic carbocycles. The number of rotatable bonds is 4. The number of hydrogen-bond donors (Lipinski definition) is 3. The quantitative estimate of drug-likeness (QED) is 0.752. The van der Waals surface area contributed by atoms with E-state index >= 15 is 0 Å². The summed E-state index contributed by atoms with van der Waals surface area (Å²) in [6.07, 6.45) is 0. The van der Waals surface area contributed by atoms with Crippen molar-refractivity contribution in [3.8, 4) is 5.75 Å². The molecule has 0 amide bonds. The first-order valence-electron chi connectivity index (χ1n) is 5.75. The number of para-hydroxylation sites is 1. The Kier molecular flexibility index (Phi) is 4.00. The van der Waals surface area contributed by atoms with Gasteiger partial charge < -0.3 is 20.9 Å². The van der Waals surface area contributed by atoms with Crippen LogP contribution >= 0.6 is 11.6 Å². The van der Waals surface area contributed by atoms with Crippen molar-refractivity contribution in [2.24, 2.45) is 0 Å². The SMILES string of the molecule is COc1ccc(Nc2c(N)cccc2C(=O)O)cc1Cl. The van der Waals surface area contributed by atoms with Gasteiger partial charge in [0.25, 0.3) is 0 Å². The summed E-state index contributed by atoms with van der Waals surface area (Å²) in [4.78, 5) is 11.2. The fourth-order valence-corrected chi connectivity index (χ4v) is 2.03. The van der Waals surface area contributed by atoms with Crippen LogP contribution in [0.25, 0.3) is 0 Å². The van der Waals surface area contributed by atoms with Crippen molar-refractivity contribution in [3.05, 3.63) is 47.0 Å². The van der Waals surface area contributed by atoms with Gasteiger partial charge >= 0.3 is 5.97 Å². The van der Waals surface area contributed by atoms with E-state index in [0.717, 1.165) is 0 Å². The molecule has 0 aliphatic heterocycles. The maximum atomic E-state index is 11.2. The highest BCUT2D eigenvalue weighted by molar-refractivity contribution is 6.32. The third kappa shape index (κ3) is 2.78. The molecule has 0 saturated carbocycles. The normalized spacial score (nSPS) is 10.1. The first-order chi connectivity index (χ1) is 9.52. The van der Waals surface area contributed by atoms with Gasteiger partial charge in [0.15, 0.2) is 0 Å². The van der Waals surface area contributed by atoms with Crippen LogP contribution in [-0.2, 0) is 0 Å². The maximum absolute atomic E-state index is 11.2. The van der Waals surface area contributed by atoms with E-state index in [1.165, 1.54) is 13.2 Å². The lowest BCUT2D eigenvalue weighted by Crippen LogP contribution is -2.05. The summed E-state index contributed by atoms with van der Waals surface area (Å²) in [5.74, 6) is -0.517. The lowest BCUT2D eigenvalue weighted by Gasteiger charge is -2.13. The predicted octanol–water partition coefficient (Wildman–Crippen LogP) is 3.37. The van der Waals surface area contributed by atoms with Gasteiger partial charge in [-0.3, -0.25) is 0 Å². The molecule has 0 bridgehead atoms. The van der Waals surface area contributed by atoms with E-state index in [2.05, 4.69) is 5.32 Å². The highest BCUT2D eigenvalue weighted by atomic mass is 35.5. The van der Waals surface area contributed by atoms with Crippen molar-refractivity contribution in [1.82, 2.24) is 0 Å². The van der Waals surface area contributed by atoms with Crippen molar-refractivity contribution in [3.63, 3.8) is 0 Å². The molecule has 0 heterocycles. The van der Waals surface area contributed by atoms with Crippen LogP contribution in [0.4, 0.5) is 17.1 Å². The zero-order valence-corrected chi connectivity index (χ0v) is 11.4. The third-order valence-corrected chi connectivity index (χ3v) is 3.04. The molecule has 0 atom stereocenters. The Morgan fingerprint density at radius 3 is 2.70 bits per heavy atom. The summed E-state index contributed by atoms with van der Waals surface area (Å²) < 4.78 is 5.06. The molecule has 4 N–H and O–H groups in total. The van der Waals surface area contributed by atoms with Crippen LogP contribution in [0.5, 0.6) is 5.75 Å². The minimum absolute atomic E-state index is 0.0944. The average Bonchev–Trinajstić information content (AvgIpc) is 2.41. The molecule has 2 rings (SSSR count). The van der Waals surface area contributed by atoms with E-state index in [0.29, 0.717) is 27.8 Å². The lowest BCUT2D eigenvalue weighted by atomic mass is 10.1. The van der Waals surface area contributed by atoms with E-state index in [-0.39, 0.29) is 5.56 Å². The smallest absolute Gasteiger partial charge is 0.337 e. The fourth-order valence-electron chi connectivity index (χ4n) is 1.78. The molecule has 20 heavy (non-hydrogen) atoms. The standard InChI is InChI=1S/C14H13ClN2O3/c1-20-12-6-5-8(7-10(12)15)17-13-9(14(18)19)3-2-4-11(13)16/h2-7,17H,16H2,1H3,(H,18,19). The summed E-state index contributed by atoms with van der Waals surface area (Å²) in [7, 11) is 1.52. The Bertz CT molecular complexity index is 659. The van der Waals surface area contributed by atoms with Gasteiger partial charge in [-0.15, -0.1) is 0 Å². The number of carboxylic acid groups (broad SMARTS) is 1. The van der Waals surface area contributed by atoms with Crippen LogP contribution < -0.4 is 15.8 Å². The molecule has 104 valence electrons. The van der Waals surface area contributed by atoms with Crippen molar-refractivity contribution in [1.29, 1.82) is 0 Å². The Morgan fingerprint density at radius 2 is 2.10 bits per heavy atom. The summed E-state index contributed by atoms with van der Waals surface area (Å²) >= 11 is 6.03. The Labute approximate surface area is 120 Å². The number of carboxylic acids is 1. The molecule has 0 aromatic heterocycles. The van der Waals surface area contributed by atoms with Crippen LogP contribution in [0.3, 0.4) is 0 Å². The maximum Gasteiger partial charge on any atom is 0.337 e. The largest absolute Gasteiger partial charge is 0.495 e. The summed E-state index contributed by atoms with van der Waals surface area (Å²) in [6.45, 7) is 0. The Morgan fingerprint density at radius 1 is 1.35 bits per heavy atom. The third-order valence-electron chi connectivity index (χ3n) is 2.75. The highest BCUT2D eigenvalue weighted by Gasteiger charge is 2.13. The molecule has 5 nitrogen and oxygen atoms in total. The van der Waals surface area contributed by atoms with Crippen LogP contribution in [0, 0.1) is 0 Å². The second kappa shape index (κ2) is 5.71. The molecule has 0 saturated heterocycles. The topological polar surface area (TPSA) is 84.6 Å². The van der Waals surface area contributed by atoms with Crippen LogP contribution in [-0.4, -0.2) is 18.2 Å². The number of anilines is 3. The Hall–Kier alpha value is -2.40. The number of methoxy groups -OCH3 is 1. The van der Waals surface area contributed by atoms with Crippen LogP contribution in [0.2, 0.25) is 5.02 Å². The zero-order valence-electron chi connectivity index (χ0n) is 10.7. The number of halogens is 1. The number of nitrogens with two attached hydrogens (primary N) is 1. The molecular weight excluding hydrogens is 280 g/mol. The highest BCUT2D eigenvalue weighted by Crippen LogP contribution is 2.32. The van der Waals surface area contributed by atoms with Crippen molar-refractivity contribution in [2.45, 2.75) is 0 Å². The number of hydrogen-bond acceptors (Lipinski definition) is 4. The molecule has 2 aromatic rings. The Balaban J connectivity index is 2.39. The first kappa shape index (κ1) is 14.0. The van der Waals surface area contributed by atoms with Gasteiger partial charge in [-0.1, -0.05) is 17.7 Å². The summed E-state index contributed by atoms with van der Waals surface area (Å²) in [5, 5.41) is 12.6. The van der Waals surface area contributed by atoms with E-state index in [9.17, 15) is 4.79 Å². The number of aromatic carboxylic acids is 1. The summed E-state index contributed by atoms with van der Waals surface area (Å²) in [6, 6.07) is 9.74. The van der Waals surface area contributed by atoms with E-state index in [4.69, 9.17) is 27.2 Å². The van der Waals surface area contributed by atoms with Gasteiger partial charge in [-0.2, -0.15) is 0 Å². The fraction of sp³-hybridized carbons (Fsp3) is 0.0714. The first-order valence-corrected chi connectivity index (χ1v) is 6.13. The number of ether oxygens (including phenoxy) is 1. The van der Waals surface area contributed by atoms with Crippen LogP contribution in [0.1, 0.15) is 10.4 Å². The van der Waals surface area contributed by atoms with Gasteiger partial charge in [0.1, 0.15) is 5.75 Å². The van der Waals surface area contributed by atoms with Gasteiger partial charge in [0, 0.05) is 5.69 Å². The monoisotopic (exact) mass is 292 g/mol. The number of nitrogens with one attached hydrogen (secondary N) is 1. The zero-order chi connectivity index (χ0) is 14.7. The van der Waals surface area contributed by atoms with Gasteiger partial charge in [0.05, 0.1) is 29.1 Å². The number of benzene rings is 2. The van der Waals surface area contributed by atoms with Gasteiger partial charge in [-0.25, -0.2) is 4.79 Å². The molecule has 2 aromatic carbocycles. The summed E-state index contributed by atoms with van der Waals surface area (Å²) in [5.41, 5.74) is 7.21.